The Labute approximate surface area is 172 Å². The van der Waals surface area contributed by atoms with Crippen LogP contribution in [0.3, 0.4) is 0 Å². The molecule has 0 aliphatic carbocycles. The van der Waals surface area contributed by atoms with E-state index in [2.05, 4.69) is 5.32 Å². The van der Waals surface area contributed by atoms with Gasteiger partial charge >= 0.3 is 5.97 Å². The van der Waals surface area contributed by atoms with E-state index >= 15 is 0 Å². The average molecular weight is 414 g/mol. The number of hydrogen-bond donors (Lipinski definition) is 3. The van der Waals surface area contributed by atoms with Gasteiger partial charge in [0.05, 0.1) is 18.6 Å². The number of nitrogens with one attached hydrogen (secondary N) is 1. The first-order valence-electron chi connectivity index (χ1n) is 9.44. The normalized spacial score (nSPS) is 19.3. The lowest BCUT2D eigenvalue weighted by molar-refractivity contribution is -0.142. The van der Waals surface area contributed by atoms with E-state index in [-0.39, 0.29) is 19.6 Å². The number of nitrogens with zero attached hydrogens (tertiary/aromatic N) is 1. The second-order valence-corrected chi connectivity index (χ2v) is 7.07. The maximum Gasteiger partial charge on any atom is 0.305 e. The molecule has 0 saturated carbocycles. The molecule has 1 aliphatic heterocycles. The molecular formula is C21H22N2O7. The first kappa shape index (κ1) is 21.3. The van der Waals surface area contributed by atoms with Gasteiger partial charge in [0.2, 0.25) is 5.91 Å². The third-order valence-electron chi connectivity index (χ3n) is 4.89. The predicted octanol–water partition coefficient (Wildman–Crippen LogP) is 0.339. The van der Waals surface area contributed by atoms with Crippen molar-refractivity contribution in [2.24, 2.45) is 0 Å². The summed E-state index contributed by atoms with van der Waals surface area (Å²) in [7, 11) is 0. The fourth-order valence-electron chi connectivity index (χ4n) is 3.48. The summed E-state index contributed by atoms with van der Waals surface area (Å²) < 4.78 is 5.67. The number of aliphatic carboxylic acids is 1. The van der Waals surface area contributed by atoms with E-state index in [9.17, 15) is 24.3 Å². The summed E-state index contributed by atoms with van der Waals surface area (Å²) in [5, 5.41) is 22.9. The van der Waals surface area contributed by atoms with E-state index in [1.807, 2.05) is 30.3 Å². The van der Waals surface area contributed by atoms with Crippen LogP contribution in [0.15, 0.2) is 42.5 Å². The number of aliphatic hydroxyl groups excluding tert-OH is 1. The summed E-state index contributed by atoms with van der Waals surface area (Å²) in [6.45, 7) is -0.392. The molecular weight excluding hydrogens is 392 g/mol. The maximum absolute atomic E-state index is 12.7. The zero-order valence-electron chi connectivity index (χ0n) is 16.1. The van der Waals surface area contributed by atoms with E-state index < -0.39 is 42.4 Å². The molecule has 30 heavy (non-hydrogen) atoms. The minimum atomic E-state index is -1.24. The number of carboxylic acids is 1. The number of carbonyl (C=O) groups is 4. The molecule has 3 rings (SSSR count). The predicted molar refractivity (Wildman–Crippen MR) is 106 cm³/mol. The van der Waals surface area contributed by atoms with Gasteiger partial charge in [0.25, 0.3) is 5.91 Å². The maximum atomic E-state index is 12.7. The van der Waals surface area contributed by atoms with Crippen LogP contribution in [0, 0.1) is 0 Å². The topological polar surface area (TPSA) is 133 Å². The van der Waals surface area contributed by atoms with E-state index in [1.54, 1.807) is 12.1 Å². The molecule has 1 aliphatic rings. The van der Waals surface area contributed by atoms with Gasteiger partial charge in [0.15, 0.2) is 6.61 Å². The lowest BCUT2D eigenvalue weighted by atomic mass is 10.1. The third-order valence-corrected chi connectivity index (χ3v) is 4.89. The number of hydrogen-bond acceptors (Lipinski definition) is 6. The Bertz CT molecular complexity index is 956. The molecule has 9 nitrogen and oxygen atoms in total. The number of β-amino-alcohol motifs (C(OH)–C–C–N with tert-alkyl or cyclic N) is 1. The molecule has 1 fully saturated rings. The largest absolute Gasteiger partial charge is 0.483 e. The van der Waals surface area contributed by atoms with Crippen LogP contribution in [0.2, 0.25) is 0 Å². The van der Waals surface area contributed by atoms with Crippen molar-refractivity contribution >= 4 is 34.8 Å². The highest BCUT2D eigenvalue weighted by Gasteiger charge is 2.39. The van der Waals surface area contributed by atoms with Crippen LogP contribution in [0.4, 0.5) is 0 Å². The Morgan fingerprint density at radius 2 is 1.93 bits per heavy atom. The number of carboxylic acid groups (broad SMARTS) is 1. The number of carbonyl (C=O) groups excluding carboxylic acids is 3. The van der Waals surface area contributed by atoms with E-state index in [0.717, 1.165) is 10.8 Å². The lowest BCUT2D eigenvalue weighted by Gasteiger charge is -2.24. The molecule has 1 saturated heterocycles. The highest BCUT2D eigenvalue weighted by molar-refractivity contribution is 5.92. The quantitative estimate of drug-likeness (QED) is 0.531. The van der Waals surface area contributed by atoms with Crippen molar-refractivity contribution in [3.8, 4) is 5.75 Å². The molecule has 2 amide bonds. The minimum Gasteiger partial charge on any atom is -0.483 e. The van der Waals surface area contributed by atoms with Gasteiger partial charge in [-0.3, -0.25) is 14.4 Å². The standard InChI is InChI=1S/C21H22N2O7/c24-11-14(8-20(27)28)22-21(29)17-9-15(25)10-23(17)19(26)12-30-18-7-3-5-13-4-1-2-6-16(13)18/h1-7,11,14-15,17,25H,8-10,12H2,(H,22,29)(H,27,28)/t14-,15?,17-/m0/s1. The monoisotopic (exact) mass is 414 g/mol. The van der Waals surface area contributed by atoms with E-state index in [1.165, 1.54) is 4.90 Å². The first-order valence-corrected chi connectivity index (χ1v) is 9.44. The number of rotatable bonds is 8. The molecule has 0 bridgehead atoms. The van der Waals surface area contributed by atoms with E-state index in [4.69, 9.17) is 9.84 Å². The molecule has 1 heterocycles. The zero-order chi connectivity index (χ0) is 21.7. The average Bonchev–Trinajstić information content (AvgIpc) is 3.13. The van der Waals surface area contributed by atoms with Gasteiger partial charge in [0.1, 0.15) is 18.1 Å². The van der Waals surface area contributed by atoms with Crippen LogP contribution in [0.1, 0.15) is 12.8 Å². The second kappa shape index (κ2) is 9.36. The fourth-order valence-corrected chi connectivity index (χ4v) is 3.48. The number of fused-ring (bicyclic) bond motifs is 1. The van der Waals surface area contributed by atoms with Gasteiger partial charge in [0, 0.05) is 18.4 Å². The molecule has 0 aromatic heterocycles. The molecule has 3 atom stereocenters. The highest BCUT2D eigenvalue weighted by atomic mass is 16.5. The summed E-state index contributed by atoms with van der Waals surface area (Å²) in [5.41, 5.74) is 0. The summed E-state index contributed by atoms with van der Waals surface area (Å²) in [6, 6.07) is 10.8. The first-order chi connectivity index (χ1) is 14.4. The van der Waals surface area contributed by atoms with Crippen LogP contribution in [-0.4, -0.2) is 70.5 Å². The van der Waals surface area contributed by atoms with Gasteiger partial charge in [-0.05, 0) is 11.5 Å². The highest BCUT2D eigenvalue weighted by Crippen LogP contribution is 2.25. The Morgan fingerprint density at radius 3 is 2.67 bits per heavy atom. The van der Waals surface area contributed by atoms with Crippen molar-refractivity contribution in [1.29, 1.82) is 0 Å². The van der Waals surface area contributed by atoms with Gasteiger partial charge in [-0.2, -0.15) is 0 Å². The fraction of sp³-hybridized carbons (Fsp3) is 0.333. The van der Waals surface area contributed by atoms with Crippen LogP contribution >= 0.6 is 0 Å². The van der Waals surface area contributed by atoms with Crippen molar-refractivity contribution in [3.05, 3.63) is 42.5 Å². The number of benzene rings is 2. The summed E-state index contributed by atoms with van der Waals surface area (Å²) in [6.07, 6.45) is -1.16. The van der Waals surface area contributed by atoms with Crippen molar-refractivity contribution in [2.75, 3.05) is 13.2 Å². The molecule has 3 N–H and O–H groups in total. The minimum absolute atomic E-state index is 0.00943. The smallest absolute Gasteiger partial charge is 0.305 e. The Hall–Kier alpha value is -3.46. The summed E-state index contributed by atoms with van der Waals surface area (Å²) in [4.78, 5) is 48.2. The van der Waals surface area contributed by atoms with Crippen LogP contribution in [0.25, 0.3) is 10.8 Å². The van der Waals surface area contributed by atoms with E-state index in [0.29, 0.717) is 12.0 Å². The van der Waals surface area contributed by atoms with Crippen molar-refractivity contribution in [1.82, 2.24) is 10.2 Å². The lowest BCUT2D eigenvalue weighted by Crippen LogP contribution is -2.50. The molecule has 0 radical (unpaired) electrons. The van der Waals surface area contributed by atoms with Crippen LogP contribution < -0.4 is 10.1 Å². The van der Waals surface area contributed by atoms with Gasteiger partial charge in [-0.25, -0.2) is 0 Å². The van der Waals surface area contributed by atoms with Crippen molar-refractivity contribution < 1.29 is 34.1 Å². The van der Waals surface area contributed by atoms with Gasteiger partial charge in [-0.1, -0.05) is 36.4 Å². The molecule has 158 valence electrons. The van der Waals surface area contributed by atoms with Crippen molar-refractivity contribution in [2.45, 2.75) is 31.0 Å². The molecule has 1 unspecified atom stereocenters. The third kappa shape index (κ3) is 4.93. The number of ether oxygens (including phenoxy) is 1. The molecule has 9 heteroatoms. The SMILES string of the molecule is O=C[C@H](CC(=O)O)NC(=O)[C@@H]1CC(O)CN1C(=O)COc1cccc2ccccc12. The number of aliphatic hydroxyl groups is 1. The molecule has 0 spiro atoms. The Kier molecular flexibility index (Phi) is 6.63. The van der Waals surface area contributed by atoms with Crippen LogP contribution in [0.5, 0.6) is 5.75 Å². The summed E-state index contributed by atoms with van der Waals surface area (Å²) >= 11 is 0. The summed E-state index contributed by atoms with van der Waals surface area (Å²) in [5.74, 6) is -1.91. The Morgan fingerprint density at radius 1 is 1.20 bits per heavy atom. The number of aldehydes is 1. The van der Waals surface area contributed by atoms with Gasteiger partial charge < -0.3 is 30.0 Å². The molecule has 2 aromatic rings. The van der Waals surface area contributed by atoms with Crippen molar-refractivity contribution in [3.63, 3.8) is 0 Å². The Balaban J connectivity index is 1.66. The number of amides is 2. The number of likely N-dealkylation sites (tertiary alicyclic amines) is 1. The second-order valence-electron chi connectivity index (χ2n) is 7.07. The molecule has 2 aromatic carbocycles. The van der Waals surface area contributed by atoms with Gasteiger partial charge in [-0.15, -0.1) is 0 Å². The van der Waals surface area contributed by atoms with Crippen LogP contribution in [-0.2, 0) is 19.2 Å². The zero-order valence-corrected chi connectivity index (χ0v) is 16.1.